The van der Waals surface area contributed by atoms with E-state index >= 15 is 0 Å². The minimum atomic E-state index is -0.873. The number of nitrogens with one attached hydrogen (secondary N) is 1. The van der Waals surface area contributed by atoms with Gasteiger partial charge in [0.2, 0.25) is 0 Å². The lowest BCUT2D eigenvalue weighted by atomic mass is 10.1. The molecule has 0 saturated carbocycles. The van der Waals surface area contributed by atoms with Crippen LogP contribution in [0.5, 0.6) is 0 Å². The molecule has 2 nitrogen and oxygen atoms in total. The molecule has 1 atom stereocenters. The number of amides is 1. The molecule has 2 rings (SSSR count). The first kappa shape index (κ1) is 15.4. The largest absolute Gasteiger partial charge is 0.349 e. The zero-order chi connectivity index (χ0) is 15.4. The third-order valence-corrected chi connectivity index (χ3v) is 3.22. The standard InChI is InChI=1S/C16H14ClF2NO/c1-10(7-11-3-2-4-12(17)8-11)20-16(21)14-6-5-13(18)9-15(14)19/h2-6,8-10H,7H2,1H3,(H,20,21). The van der Waals surface area contributed by atoms with Crippen molar-refractivity contribution in [1.29, 1.82) is 0 Å². The van der Waals surface area contributed by atoms with E-state index in [1.54, 1.807) is 13.0 Å². The van der Waals surface area contributed by atoms with Gasteiger partial charge in [0.05, 0.1) is 5.56 Å². The van der Waals surface area contributed by atoms with Crippen LogP contribution >= 0.6 is 11.6 Å². The van der Waals surface area contributed by atoms with Crippen LogP contribution < -0.4 is 5.32 Å². The van der Waals surface area contributed by atoms with Crippen molar-refractivity contribution < 1.29 is 13.6 Å². The van der Waals surface area contributed by atoms with E-state index in [1.165, 1.54) is 0 Å². The molecule has 0 spiro atoms. The van der Waals surface area contributed by atoms with Crippen molar-refractivity contribution in [1.82, 2.24) is 5.32 Å². The number of hydrogen-bond donors (Lipinski definition) is 1. The highest BCUT2D eigenvalue weighted by atomic mass is 35.5. The van der Waals surface area contributed by atoms with Crippen LogP contribution in [0.25, 0.3) is 0 Å². The Morgan fingerprint density at radius 2 is 2.00 bits per heavy atom. The fourth-order valence-corrected chi connectivity index (χ4v) is 2.26. The lowest BCUT2D eigenvalue weighted by Gasteiger charge is -2.14. The number of halogens is 3. The van der Waals surface area contributed by atoms with Gasteiger partial charge >= 0.3 is 0 Å². The van der Waals surface area contributed by atoms with Crippen LogP contribution in [0.2, 0.25) is 5.02 Å². The summed E-state index contributed by atoms with van der Waals surface area (Å²) >= 11 is 5.89. The maximum Gasteiger partial charge on any atom is 0.254 e. The highest BCUT2D eigenvalue weighted by Gasteiger charge is 2.15. The third kappa shape index (κ3) is 4.26. The van der Waals surface area contributed by atoms with E-state index in [4.69, 9.17) is 11.6 Å². The molecule has 1 unspecified atom stereocenters. The van der Waals surface area contributed by atoms with Crippen molar-refractivity contribution in [3.05, 3.63) is 70.2 Å². The first-order valence-electron chi connectivity index (χ1n) is 6.46. The van der Waals surface area contributed by atoms with Gasteiger partial charge in [-0.2, -0.15) is 0 Å². The maximum atomic E-state index is 13.5. The van der Waals surface area contributed by atoms with Crippen LogP contribution in [-0.4, -0.2) is 11.9 Å². The van der Waals surface area contributed by atoms with Gasteiger partial charge in [-0.15, -0.1) is 0 Å². The van der Waals surface area contributed by atoms with Crippen LogP contribution in [0.15, 0.2) is 42.5 Å². The molecule has 0 aliphatic carbocycles. The van der Waals surface area contributed by atoms with Crippen LogP contribution in [0.1, 0.15) is 22.8 Å². The van der Waals surface area contributed by atoms with Gasteiger partial charge in [0.25, 0.3) is 5.91 Å². The molecule has 1 amide bonds. The van der Waals surface area contributed by atoms with Gasteiger partial charge in [0.15, 0.2) is 0 Å². The van der Waals surface area contributed by atoms with E-state index in [0.29, 0.717) is 17.5 Å². The molecule has 0 aliphatic heterocycles. The zero-order valence-electron chi connectivity index (χ0n) is 11.4. The minimum Gasteiger partial charge on any atom is -0.349 e. The number of benzene rings is 2. The zero-order valence-corrected chi connectivity index (χ0v) is 12.1. The first-order chi connectivity index (χ1) is 9.95. The van der Waals surface area contributed by atoms with Gasteiger partial charge in [-0.05, 0) is 43.2 Å². The Morgan fingerprint density at radius 3 is 2.67 bits per heavy atom. The van der Waals surface area contributed by atoms with Crippen molar-refractivity contribution in [2.24, 2.45) is 0 Å². The van der Waals surface area contributed by atoms with Gasteiger partial charge < -0.3 is 5.32 Å². The molecule has 0 aliphatic rings. The minimum absolute atomic E-state index is 0.172. The monoisotopic (exact) mass is 309 g/mol. The van der Waals surface area contributed by atoms with Gasteiger partial charge in [0, 0.05) is 17.1 Å². The highest BCUT2D eigenvalue weighted by Crippen LogP contribution is 2.13. The molecule has 110 valence electrons. The summed E-state index contributed by atoms with van der Waals surface area (Å²) in [6.07, 6.45) is 0.565. The average molecular weight is 310 g/mol. The lowest BCUT2D eigenvalue weighted by Crippen LogP contribution is -2.34. The van der Waals surface area contributed by atoms with Crippen LogP contribution in [0, 0.1) is 11.6 Å². The Morgan fingerprint density at radius 1 is 1.24 bits per heavy atom. The van der Waals surface area contributed by atoms with Crippen molar-refractivity contribution in [3.8, 4) is 0 Å². The molecule has 0 heterocycles. The van der Waals surface area contributed by atoms with Crippen LogP contribution in [0.3, 0.4) is 0 Å². The predicted molar refractivity (Wildman–Crippen MR) is 78.4 cm³/mol. The average Bonchev–Trinajstić information content (AvgIpc) is 2.38. The molecular formula is C16H14ClF2NO. The molecular weight excluding hydrogens is 296 g/mol. The Bertz CT molecular complexity index is 660. The van der Waals surface area contributed by atoms with Crippen molar-refractivity contribution in [2.75, 3.05) is 0 Å². The topological polar surface area (TPSA) is 29.1 Å². The Kier molecular flexibility index (Phi) is 4.91. The molecule has 2 aromatic carbocycles. The van der Waals surface area contributed by atoms with Gasteiger partial charge in [-0.3, -0.25) is 4.79 Å². The molecule has 1 N–H and O–H groups in total. The molecule has 5 heteroatoms. The molecule has 21 heavy (non-hydrogen) atoms. The van der Waals surface area contributed by atoms with Crippen LogP contribution in [-0.2, 0) is 6.42 Å². The SMILES string of the molecule is CC(Cc1cccc(Cl)c1)NC(=O)c1ccc(F)cc1F. The molecule has 0 bridgehead atoms. The smallest absolute Gasteiger partial charge is 0.254 e. The molecule has 0 aromatic heterocycles. The number of carbonyl (C=O) groups is 1. The first-order valence-corrected chi connectivity index (χ1v) is 6.84. The summed E-state index contributed by atoms with van der Waals surface area (Å²) in [4.78, 5) is 11.9. The van der Waals surface area contributed by atoms with E-state index in [0.717, 1.165) is 17.7 Å². The molecule has 0 radical (unpaired) electrons. The molecule has 0 saturated heterocycles. The quantitative estimate of drug-likeness (QED) is 0.909. The number of rotatable bonds is 4. The molecule has 2 aromatic rings. The van der Waals surface area contributed by atoms with Gasteiger partial charge in [0.1, 0.15) is 11.6 Å². The third-order valence-electron chi connectivity index (χ3n) is 2.98. The maximum absolute atomic E-state index is 13.5. The van der Waals surface area contributed by atoms with E-state index in [-0.39, 0.29) is 11.6 Å². The normalized spacial score (nSPS) is 12.0. The number of carbonyl (C=O) groups excluding carboxylic acids is 1. The fourth-order valence-electron chi connectivity index (χ4n) is 2.04. The van der Waals surface area contributed by atoms with Gasteiger partial charge in [-0.1, -0.05) is 23.7 Å². The second-order valence-corrected chi connectivity index (χ2v) is 5.27. The van der Waals surface area contributed by atoms with E-state index in [2.05, 4.69) is 5.32 Å². The molecule has 0 fully saturated rings. The second kappa shape index (κ2) is 6.68. The fraction of sp³-hybridized carbons (Fsp3) is 0.188. The summed E-state index contributed by atoms with van der Waals surface area (Å²) in [6, 6.07) is 9.96. The highest BCUT2D eigenvalue weighted by molar-refractivity contribution is 6.30. The Balaban J connectivity index is 2.02. The Labute approximate surface area is 126 Å². The van der Waals surface area contributed by atoms with Crippen molar-refractivity contribution in [3.63, 3.8) is 0 Å². The second-order valence-electron chi connectivity index (χ2n) is 4.83. The van der Waals surface area contributed by atoms with Gasteiger partial charge in [-0.25, -0.2) is 8.78 Å². The van der Waals surface area contributed by atoms with Crippen LogP contribution in [0.4, 0.5) is 8.78 Å². The lowest BCUT2D eigenvalue weighted by molar-refractivity contribution is 0.0936. The summed E-state index contributed by atoms with van der Waals surface area (Å²) in [7, 11) is 0. The van der Waals surface area contributed by atoms with E-state index < -0.39 is 17.5 Å². The number of hydrogen-bond acceptors (Lipinski definition) is 1. The van der Waals surface area contributed by atoms with Crippen molar-refractivity contribution in [2.45, 2.75) is 19.4 Å². The van der Waals surface area contributed by atoms with E-state index in [9.17, 15) is 13.6 Å². The summed E-state index contributed by atoms with van der Waals surface area (Å²) in [6.45, 7) is 1.81. The van der Waals surface area contributed by atoms with Crippen molar-refractivity contribution >= 4 is 17.5 Å². The summed E-state index contributed by atoms with van der Waals surface area (Å²) in [5, 5.41) is 3.30. The van der Waals surface area contributed by atoms with E-state index in [1.807, 2.05) is 18.2 Å². The Hall–Kier alpha value is -1.94. The summed E-state index contributed by atoms with van der Waals surface area (Å²) < 4.78 is 26.3. The summed E-state index contributed by atoms with van der Waals surface area (Å²) in [5.74, 6) is -2.15. The summed E-state index contributed by atoms with van der Waals surface area (Å²) in [5.41, 5.74) is 0.796. The predicted octanol–water partition coefficient (Wildman–Crippen LogP) is 3.98.